The molecule has 2 unspecified atom stereocenters. The summed E-state index contributed by atoms with van der Waals surface area (Å²) in [5.74, 6) is 0.876. The predicted molar refractivity (Wildman–Crippen MR) is 80.1 cm³/mol. The zero-order valence-electron chi connectivity index (χ0n) is 12.4. The van der Waals surface area contributed by atoms with Crippen LogP contribution < -0.4 is 5.73 Å². The molecule has 0 aromatic carbocycles. The third-order valence-corrected chi connectivity index (χ3v) is 4.94. The Balaban J connectivity index is 1.53. The van der Waals surface area contributed by atoms with Crippen LogP contribution >= 0.6 is 0 Å². The molecule has 0 radical (unpaired) electrons. The van der Waals surface area contributed by atoms with E-state index in [9.17, 15) is 5.11 Å². The van der Waals surface area contributed by atoms with Gasteiger partial charge in [0, 0.05) is 12.6 Å². The van der Waals surface area contributed by atoms with Crippen LogP contribution in [0.15, 0.2) is 0 Å². The summed E-state index contributed by atoms with van der Waals surface area (Å²) in [6.07, 6.45) is 12.4. The molecule has 1 aliphatic heterocycles. The monoisotopic (exact) mass is 268 g/mol. The standard InChI is InChI=1S/C16H32N2O/c17-15-7-4-12-18(13-15)11-2-1-5-14-6-3-8-16(19)10-9-14/h14-16,19H,1-13,17H2/t14?,15-,16?/m1/s1. The van der Waals surface area contributed by atoms with Gasteiger partial charge in [0.05, 0.1) is 6.10 Å². The summed E-state index contributed by atoms with van der Waals surface area (Å²) in [6.45, 7) is 3.60. The van der Waals surface area contributed by atoms with Crippen LogP contribution in [0.5, 0.6) is 0 Å². The number of aliphatic hydroxyl groups is 1. The molecule has 0 aromatic heterocycles. The van der Waals surface area contributed by atoms with Crippen molar-refractivity contribution in [2.75, 3.05) is 19.6 Å². The highest BCUT2D eigenvalue weighted by molar-refractivity contribution is 4.75. The van der Waals surface area contributed by atoms with Crippen molar-refractivity contribution >= 4 is 0 Å². The van der Waals surface area contributed by atoms with Crippen LogP contribution in [0.1, 0.15) is 64.2 Å². The Morgan fingerprint density at radius 3 is 2.74 bits per heavy atom. The van der Waals surface area contributed by atoms with Gasteiger partial charge < -0.3 is 15.7 Å². The van der Waals surface area contributed by atoms with Gasteiger partial charge >= 0.3 is 0 Å². The van der Waals surface area contributed by atoms with E-state index < -0.39 is 0 Å². The number of likely N-dealkylation sites (tertiary alicyclic amines) is 1. The maximum absolute atomic E-state index is 9.66. The van der Waals surface area contributed by atoms with E-state index >= 15 is 0 Å². The van der Waals surface area contributed by atoms with Crippen LogP contribution in [0.3, 0.4) is 0 Å². The first-order valence-electron chi connectivity index (χ1n) is 8.40. The number of piperidine rings is 1. The Bertz CT molecular complexity index is 247. The SMILES string of the molecule is N[C@@H]1CCCN(CCCCC2CCCC(O)CC2)C1. The van der Waals surface area contributed by atoms with E-state index in [0.29, 0.717) is 6.04 Å². The van der Waals surface area contributed by atoms with Crippen molar-refractivity contribution in [3.05, 3.63) is 0 Å². The van der Waals surface area contributed by atoms with Crippen LogP contribution in [0, 0.1) is 5.92 Å². The number of hydrogen-bond acceptors (Lipinski definition) is 3. The Morgan fingerprint density at radius 2 is 1.89 bits per heavy atom. The maximum Gasteiger partial charge on any atom is 0.0540 e. The van der Waals surface area contributed by atoms with Crippen LogP contribution in [-0.2, 0) is 0 Å². The average molecular weight is 268 g/mol. The molecule has 0 spiro atoms. The minimum atomic E-state index is -0.0140. The van der Waals surface area contributed by atoms with E-state index in [2.05, 4.69) is 4.90 Å². The first kappa shape index (κ1) is 15.3. The van der Waals surface area contributed by atoms with Crippen molar-refractivity contribution in [3.8, 4) is 0 Å². The van der Waals surface area contributed by atoms with Crippen LogP contribution in [0.25, 0.3) is 0 Å². The fourth-order valence-electron chi connectivity index (χ4n) is 3.71. The molecule has 3 N–H and O–H groups in total. The summed E-state index contributed by atoms with van der Waals surface area (Å²) >= 11 is 0. The zero-order valence-corrected chi connectivity index (χ0v) is 12.4. The number of aliphatic hydroxyl groups excluding tert-OH is 1. The first-order chi connectivity index (χ1) is 9.24. The van der Waals surface area contributed by atoms with Crippen LogP contribution in [0.4, 0.5) is 0 Å². The summed E-state index contributed by atoms with van der Waals surface area (Å²) in [4.78, 5) is 2.55. The number of unbranched alkanes of at least 4 members (excludes halogenated alkanes) is 1. The Hall–Kier alpha value is -0.120. The molecule has 0 aromatic rings. The molecule has 3 nitrogen and oxygen atoms in total. The van der Waals surface area contributed by atoms with E-state index in [4.69, 9.17) is 5.73 Å². The largest absolute Gasteiger partial charge is 0.393 e. The normalized spacial score (nSPS) is 34.1. The summed E-state index contributed by atoms with van der Waals surface area (Å²) in [5, 5.41) is 9.66. The molecule has 3 atom stereocenters. The van der Waals surface area contributed by atoms with Crippen LogP contribution in [0.2, 0.25) is 0 Å². The third-order valence-electron chi connectivity index (χ3n) is 4.94. The quantitative estimate of drug-likeness (QED) is 0.595. The minimum Gasteiger partial charge on any atom is -0.393 e. The second kappa shape index (κ2) is 8.23. The van der Waals surface area contributed by atoms with E-state index in [1.165, 1.54) is 64.5 Å². The van der Waals surface area contributed by atoms with Gasteiger partial charge in [-0.05, 0) is 57.5 Å². The second-order valence-electron chi connectivity index (χ2n) is 6.73. The van der Waals surface area contributed by atoms with Gasteiger partial charge in [-0.2, -0.15) is 0 Å². The van der Waals surface area contributed by atoms with Gasteiger partial charge in [0.25, 0.3) is 0 Å². The molecular formula is C16H32N2O. The van der Waals surface area contributed by atoms with Crippen molar-refractivity contribution in [2.24, 2.45) is 11.7 Å². The van der Waals surface area contributed by atoms with Crippen molar-refractivity contribution in [3.63, 3.8) is 0 Å². The van der Waals surface area contributed by atoms with Crippen molar-refractivity contribution < 1.29 is 5.11 Å². The van der Waals surface area contributed by atoms with Gasteiger partial charge in [-0.1, -0.05) is 25.7 Å². The van der Waals surface area contributed by atoms with Gasteiger partial charge in [0.15, 0.2) is 0 Å². The Kier molecular flexibility index (Phi) is 6.62. The smallest absolute Gasteiger partial charge is 0.0540 e. The van der Waals surface area contributed by atoms with E-state index in [1.54, 1.807) is 0 Å². The van der Waals surface area contributed by atoms with Crippen LogP contribution in [-0.4, -0.2) is 41.8 Å². The highest BCUT2D eigenvalue weighted by Gasteiger charge is 2.18. The van der Waals surface area contributed by atoms with Crippen molar-refractivity contribution in [2.45, 2.75) is 76.4 Å². The second-order valence-corrected chi connectivity index (χ2v) is 6.73. The number of nitrogens with two attached hydrogens (primary N) is 1. The lowest BCUT2D eigenvalue weighted by atomic mass is 9.94. The topological polar surface area (TPSA) is 49.5 Å². The fourth-order valence-corrected chi connectivity index (χ4v) is 3.71. The average Bonchev–Trinajstić information content (AvgIpc) is 2.60. The third kappa shape index (κ3) is 5.80. The van der Waals surface area contributed by atoms with Gasteiger partial charge in [-0.15, -0.1) is 0 Å². The molecule has 112 valence electrons. The Morgan fingerprint density at radius 1 is 1.00 bits per heavy atom. The lowest BCUT2D eigenvalue weighted by molar-refractivity contribution is 0.155. The summed E-state index contributed by atoms with van der Waals surface area (Å²) in [5.41, 5.74) is 6.01. The van der Waals surface area contributed by atoms with Gasteiger partial charge in [-0.25, -0.2) is 0 Å². The zero-order chi connectivity index (χ0) is 13.5. The molecule has 1 heterocycles. The van der Waals surface area contributed by atoms with E-state index in [1.807, 2.05) is 0 Å². The summed E-state index contributed by atoms with van der Waals surface area (Å²) in [6, 6.07) is 0.414. The lowest BCUT2D eigenvalue weighted by Crippen LogP contribution is -2.43. The number of hydrogen-bond donors (Lipinski definition) is 2. The van der Waals surface area contributed by atoms with Crippen molar-refractivity contribution in [1.82, 2.24) is 4.90 Å². The molecule has 0 bridgehead atoms. The fraction of sp³-hybridized carbons (Fsp3) is 1.00. The molecule has 19 heavy (non-hydrogen) atoms. The molecule has 1 aliphatic carbocycles. The predicted octanol–water partition coefficient (Wildman–Crippen LogP) is 2.52. The molecule has 2 aliphatic rings. The molecular weight excluding hydrogens is 236 g/mol. The van der Waals surface area contributed by atoms with Gasteiger partial charge in [0.2, 0.25) is 0 Å². The van der Waals surface area contributed by atoms with Gasteiger partial charge in [-0.3, -0.25) is 0 Å². The summed E-state index contributed by atoms with van der Waals surface area (Å²) < 4.78 is 0. The van der Waals surface area contributed by atoms with Crippen molar-refractivity contribution in [1.29, 1.82) is 0 Å². The van der Waals surface area contributed by atoms with Gasteiger partial charge in [0.1, 0.15) is 0 Å². The van der Waals surface area contributed by atoms with E-state index in [0.717, 1.165) is 25.3 Å². The summed E-state index contributed by atoms with van der Waals surface area (Å²) in [7, 11) is 0. The minimum absolute atomic E-state index is 0.0140. The lowest BCUT2D eigenvalue weighted by Gasteiger charge is -2.30. The number of rotatable bonds is 5. The molecule has 1 saturated carbocycles. The van der Waals surface area contributed by atoms with E-state index in [-0.39, 0.29) is 6.10 Å². The maximum atomic E-state index is 9.66. The molecule has 2 fully saturated rings. The first-order valence-corrected chi connectivity index (χ1v) is 8.40. The number of nitrogens with zero attached hydrogens (tertiary/aromatic N) is 1. The molecule has 2 rings (SSSR count). The molecule has 0 amide bonds. The highest BCUT2D eigenvalue weighted by atomic mass is 16.3. The molecule has 1 saturated heterocycles. The highest BCUT2D eigenvalue weighted by Crippen LogP contribution is 2.27. The molecule has 3 heteroatoms. The Labute approximate surface area is 118 Å².